The number of alkyl halides is 3. The summed E-state index contributed by atoms with van der Waals surface area (Å²) in [5.41, 5.74) is -1.47. The summed E-state index contributed by atoms with van der Waals surface area (Å²) in [5, 5.41) is 1.67. The number of rotatable bonds is 3. The van der Waals surface area contributed by atoms with Crippen LogP contribution in [0, 0.1) is 0 Å². The third-order valence-corrected chi connectivity index (χ3v) is 3.84. The molecule has 3 nitrogen and oxygen atoms in total. The Morgan fingerprint density at radius 2 is 1.96 bits per heavy atom. The predicted molar refractivity (Wildman–Crippen MR) is 88.6 cm³/mol. The van der Waals surface area contributed by atoms with Crippen LogP contribution >= 0.6 is 27.5 Å². The van der Waals surface area contributed by atoms with Gasteiger partial charge >= 0.3 is 6.18 Å². The fourth-order valence-electron chi connectivity index (χ4n) is 1.96. The van der Waals surface area contributed by atoms with E-state index >= 15 is 0 Å². The zero-order valence-corrected chi connectivity index (χ0v) is 14.4. The summed E-state index contributed by atoms with van der Waals surface area (Å²) in [5.74, 6) is -1.27. The molecule has 24 heavy (non-hydrogen) atoms. The SMILES string of the molecule is [2H]c1ccc(C(=O)Nc2cc(C(F)(F)F)c(Cl)cc2C(C)=O)cc1Br. The first-order valence-corrected chi connectivity index (χ1v) is 7.67. The van der Waals surface area contributed by atoms with Gasteiger partial charge in [-0.3, -0.25) is 9.59 Å². The van der Waals surface area contributed by atoms with Crippen molar-refractivity contribution in [2.75, 3.05) is 5.32 Å². The van der Waals surface area contributed by atoms with Crippen molar-refractivity contribution in [1.82, 2.24) is 0 Å². The van der Waals surface area contributed by atoms with Crippen LogP contribution in [0.3, 0.4) is 0 Å². The average Bonchev–Trinajstić information content (AvgIpc) is 2.49. The molecule has 8 heteroatoms. The highest BCUT2D eigenvalue weighted by atomic mass is 79.9. The van der Waals surface area contributed by atoms with Gasteiger partial charge in [-0.1, -0.05) is 33.6 Å². The Bertz CT molecular complexity index is 871. The summed E-state index contributed by atoms with van der Waals surface area (Å²) in [6.07, 6.45) is -4.73. The Hall–Kier alpha value is -1.86. The number of amides is 1. The lowest BCUT2D eigenvalue weighted by molar-refractivity contribution is -0.137. The lowest BCUT2D eigenvalue weighted by atomic mass is 10.0. The molecule has 0 bridgehead atoms. The van der Waals surface area contributed by atoms with Gasteiger partial charge in [-0.05, 0) is 37.2 Å². The molecule has 0 unspecified atom stereocenters. The standard InChI is InChI=1S/C16H10BrClF3NO2/c1-8(23)11-6-13(18)12(16(19,20)21)7-14(11)22-15(24)9-3-2-4-10(17)5-9/h2-7H,1H3,(H,22,24)/i4D. The van der Waals surface area contributed by atoms with Crippen molar-refractivity contribution in [2.45, 2.75) is 13.1 Å². The average molecular weight is 422 g/mol. The van der Waals surface area contributed by atoms with Crippen LogP contribution in [0.4, 0.5) is 18.9 Å². The van der Waals surface area contributed by atoms with E-state index in [1.165, 1.54) is 18.2 Å². The maximum Gasteiger partial charge on any atom is 0.417 e. The molecule has 0 aliphatic carbocycles. The lowest BCUT2D eigenvalue weighted by Crippen LogP contribution is -2.16. The van der Waals surface area contributed by atoms with Crippen LogP contribution in [0.15, 0.2) is 40.8 Å². The van der Waals surface area contributed by atoms with E-state index < -0.39 is 28.5 Å². The van der Waals surface area contributed by atoms with Gasteiger partial charge in [0.25, 0.3) is 5.91 Å². The highest BCUT2D eigenvalue weighted by Crippen LogP contribution is 2.38. The molecule has 2 aromatic rings. The van der Waals surface area contributed by atoms with E-state index in [1.54, 1.807) is 0 Å². The van der Waals surface area contributed by atoms with Gasteiger partial charge in [0.1, 0.15) is 0 Å². The van der Waals surface area contributed by atoms with Gasteiger partial charge in [0, 0.05) is 15.6 Å². The van der Waals surface area contributed by atoms with Gasteiger partial charge < -0.3 is 5.32 Å². The van der Waals surface area contributed by atoms with Crippen LogP contribution in [0.2, 0.25) is 5.02 Å². The third-order valence-electron chi connectivity index (χ3n) is 3.07. The number of anilines is 1. The van der Waals surface area contributed by atoms with Crippen LogP contribution < -0.4 is 5.32 Å². The monoisotopic (exact) mass is 420 g/mol. The molecule has 0 spiro atoms. The molecule has 2 aromatic carbocycles. The Morgan fingerprint density at radius 1 is 1.29 bits per heavy atom. The molecule has 0 saturated heterocycles. The molecule has 126 valence electrons. The van der Waals surface area contributed by atoms with Crippen molar-refractivity contribution in [3.63, 3.8) is 0 Å². The van der Waals surface area contributed by atoms with Crippen LogP contribution in [0.5, 0.6) is 0 Å². The van der Waals surface area contributed by atoms with E-state index in [0.717, 1.165) is 13.0 Å². The van der Waals surface area contributed by atoms with Gasteiger partial charge in [-0.2, -0.15) is 13.2 Å². The molecule has 0 fully saturated rings. The number of nitrogens with one attached hydrogen (secondary N) is 1. The van der Waals surface area contributed by atoms with Crippen molar-refractivity contribution in [3.8, 4) is 0 Å². The first-order valence-electron chi connectivity index (χ1n) is 7.00. The molecular weight excluding hydrogens is 411 g/mol. The minimum atomic E-state index is -4.73. The Kier molecular flexibility index (Phi) is 4.91. The summed E-state index contributed by atoms with van der Waals surface area (Å²) in [6, 6.07) is 5.71. The van der Waals surface area contributed by atoms with Gasteiger partial charge in [-0.15, -0.1) is 0 Å². The second kappa shape index (κ2) is 6.94. The van der Waals surface area contributed by atoms with E-state index in [1.807, 2.05) is 0 Å². The number of Topliss-reactive ketones (excluding diaryl/α,β-unsaturated/α-hetero) is 1. The van der Waals surface area contributed by atoms with Crippen molar-refractivity contribution in [3.05, 3.63) is 62.6 Å². The highest BCUT2D eigenvalue weighted by Gasteiger charge is 2.34. The van der Waals surface area contributed by atoms with Gasteiger partial charge in [0.2, 0.25) is 0 Å². The maximum absolute atomic E-state index is 13.0. The zero-order valence-electron chi connectivity index (χ0n) is 13.1. The normalized spacial score (nSPS) is 11.8. The molecule has 0 aliphatic rings. The lowest BCUT2D eigenvalue weighted by Gasteiger charge is -2.15. The van der Waals surface area contributed by atoms with Gasteiger partial charge in [-0.25, -0.2) is 0 Å². The Balaban J connectivity index is 2.47. The molecule has 1 amide bonds. The third kappa shape index (κ3) is 4.15. The quantitative estimate of drug-likeness (QED) is 0.658. The highest BCUT2D eigenvalue weighted by molar-refractivity contribution is 9.10. The number of halogens is 5. The Morgan fingerprint density at radius 3 is 2.50 bits per heavy atom. The van der Waals surface area contributed by atoms with Gasteiger partial charge in [0.15, 0.2) is 5.78 Å². The van der Waals surface area contributed by atoms with E-state index in [0.29, 0.717) is 10.5 Å². The fourth-order valence-corrected chi connectivity index (χ4v) is 2.61. The van der Waals surface area contributed by atoms with Crippen LogP contribution in [-0.4, -0.2) is 11.7 Å². The summed E-state index contributed by atoms with van der Waals surface area (Å²) in [6.45, 7) is 1.15. The summed E-state index contributed by atoms with van der Waals surface area (Å²) >= 11 is 8.71. The van der Waals surface area contributed by atoms with Crippen molar-refractivity contribution >= 4 is 44.9 Å². The molecule has 0 aliphatic heterocycles. The topological polar surface area (TPSA) is 46.2 Å². The van der Waals surface area contributed by atoms with E-state index in [9.17, 15) is 22.8 Å². The molecule has 0 atom stereocenters. The van der Waals surface area contributed by atoms with Crippen LogP contribution in [0.25, 0.3) is 0 Å². The molecule has 0 heterocycles. The van der Waals surface area contributed by atoms with Crippen molar-refractivity contribution in [2.24, 2.45) is 0 Å². The fraction of sp³-hybridized carbons (Fsp3) is 0.125. The van der Waals surface area contributed by atoms with Crippen LogP contribution in [-0.2, 0) is 6.18 Å². The van der Waals surface area contributed by atoms with E-state index in [-0.39, 0.29) is 22.9 Å². The summed E-state index contributed by atoms with van der Waals surface area (Å²) in [4.78, 5) is 24.0. The molecule has 1 N–H and O–H groups in total. The molecular formula is C16H10BrClF3NO2. The largest absolute Gasteiger partial charge is 0.417 e. The number of carbonyl (C=O) groups excluding carboxylic acids is 2. The first-order chi connectivity index (χ1) is 11.5. The number of hydrogen-bond acceptors (Lipinski definition) is 2. The predicted octanol–water partition coefficient (Wildman–Crippen LogP) is 5.58. The van der Waals surface area contributed by atoms with E-state index in [4.69, 9.17) is 13.0 Å². The van der Waals surface area contributed by atoms with E-state index in [2.05, 4.69) is 21.2 Å². The smallest absolute Gasteiger partial charge is 0.321 e. The summed E-state index contributed by atoms with van der Waals surface area (Å²) < 4.78 is 46.9. The minimum Gasteiger partial charge on any atom is -0.321 e. The molecule has 2 rings (SSSR count). The second-order valence-electron chi connectivity index (χ2n) is 4.81. The molecule has 0 saturated carbocycles. The zero-order chi connectivity index (χ0) is 18.9. The number of ketones is 1. The van der Waals surface area contributed by atoms with Crippen LogP contribution in [0.1, 0.15) is 34.6 Å². The van der Waals surface area contributed by atoms with Gasteiger partial charge in [0.05, 0.1) is 17.6 Å². The number of carbonyl (C=O) groups is 2. The second-order valence-corrected chi connectivity index (χ2v) is 6.07. The number of hydrogen-bond donors (Lipinski definition) is 1. The van der Waals surface area contributed by atoms with Crippen molar-refractivity contribution < 1.29 is 24.1 Å². The summed E-state index contributed by atoms with van der Waals surface area (Å²) in [7, 11) is 0. The van der Waals surface area contributed by atoms with Crippen molar-refractivity contribution in [1.29, 1.82) is 0 Å². The Labute approximate surface area is 150 Å². The number of benzene rings is 2. The maximum atomic E-state index is 13.0. The minimum absolute atomic E-state index is 0.112. The molecule has 0 radical (unpaired) electrons. The molecule has 0 aromatic heterocycles. The first kappa shape index (κ1) is 17.0.